The van der Waals surface area contributed by atoms with Crippen molar-refractivity contribution in [1.29, 1.82) is 0 Å². The van der Waals surface area contributed by atoms with Crippen LogP contribution in [-0.4, -0.2) is 31.9 Å². The maximum atomic E-state index is 12.5. The number of fused-ring (bicyclic) bond motifs is 1. The smallest absolute Gasteiger partial charge is 0.262 e. The van der Waals surface area contributed by atoms with Gasteiger partial charge in [0, 0.05) is 7.05 Å². The third-order valence-corrected chi connectivity index (χ3v) is 4.79. The molecule has 1 aromatic carbocycles. The molecule has 0 atom stereocenters. The number of nitrogens with one attached hydrogen (secondary N) is 1. The van der Waals surface area contributed by atoms with Crippen LogP contribution in [0.4, 0.5) is 5.69 Å². The molecule has 0 amide bonds. The van der Waals surface area contributed by atoms with Crippen LogP contribution in [0.3, 0.4) is 0 Å². The van der Waals surface area contributed by atoms with Crippen LogP contribution in [0, 0.1) is 0 Å². The summed E-state index contributed by atoms with van der Waals surface area (Å²) in [6.45, 7) is 0.671. The number of anilines is 1. The lowest BCUT2D eigenvalue weighted by atomic mass is 10.1. The predicted molar refractivity (Wildman–Crippen MR) is 80.8 cm³/mol. The van der Waals surface area contributed by atoms with E-state index in [0.717, 1.165) is 24.2 Å². The lowest BCUT2D eigenvalue weighted by Crippen LogP contribution is -2.15. The summed E-state index contributed by atoms with van der Waals surface area (Å²) in [4.78, 5) is 0.197. The third-order valence-electron chi connectivity index (χ3n) is 3.42. The largest absolute Gasteiger partial charge is 0.493 e. The highest BCUT2D eigenvalue weighted by atomic mass is 32.2. The molecule has 2 aromatic rings. The number of ether oxygens (including phenoxy) is 2. The molecule has 0 saturated heterocycles. The molecule has 0 fully saturated rings. The number of sulfonamides is 1. The highest BCUT2D eigenvalue weighted by Crippen LogP contribution is 2.29. The molecule has 0 bridgehead atoms. The van der Waals surface area contributed by atoms with Gasteiger partial charge in [-0.15, -0.1) is 5.10 Å². The van der Waals surface area contributed by atoms with Crippen molar-refractivity contribution >= 4 is 15.7 Å². The van der Waals surface area contributed by atoms with Gasteiger partial charge in [-0.1, -0.05) is 0 Å². The Kier molecular flexibility index (Phi) is 3.69. The quantitative estimate of drug-likeness (QED) is 0.923. The van der Waals surface area contributed by atoms with E-state index in [9.17, 15) is 8.42 Å². The summed E-state index contributed by atoms with van der Waals surface area (Å²) in [5, 5.41) is 4.02. The number of benzene rings is 1. The van der Waals surface area contributed by atoms with Crippen molar-refractivity contribution < 1.29 is 17.9 Å². The van der Waals surface area contributed by atoms with Crippen LogP contribution in [0.15, 0.2) is 29.3 Å². The van der Waals surface area contributed by atoms with E-state index >= 15 is 0 Å². The molecular formula is C14H17N3O4S. The molecule has 1 aliphatic heterocycles. The van der Waals surface area contributed by atoms with Gasteiger partial charge in [0.2, 0.25) is 0 Å². The zero-order valence-corrected chi connectivity index (χ0v) is 13.2. The Morgan fingerprint density at radius 3 is 3.00 bits per heavy atom. The molecule has 0 unspecified atom stereocenters. The molecule has 0 aliphatic carbocycles. The molecule has 0 spiro atoms. The summed E-state index contributed by atoms with van der Waals surface area (Å²) in [5.41, 5.74) is 1.21. The first-order valence-electron chi connectivity index (χ1n) is 6.86. The van der Waals surface area contributed by atoms with Crippen molar-refractivity contribution in [3.63, 3.8) is 0 Å². The first-order chi connectivity index (χ1) is 10.5. The number of methoxy groups -OCH3 is 1. The molecular weight excluding hydrogens is 306 g/mol. The van der Waals surface area contributed by atoms with Crippen molar-refractivity contribution in [3.8, 4) is 11.6 Å². The van der Waals surface area contributed by atoms with E-state index in [1.54, 1.807) is 25.4 Å². The zero-order valence-electron chi connectivity index (χ0n) is 12.4. The fourth-order valence-electron chi connectivity index (χ4n) is 2.40. The highest BCUT2D eigenvalue weighted by molar-refractivity contribution is 7.92. The van der Waals surface area contributed by atoms with E-state index in [4.69, 9.17) is 9.47 Å². The van der Waals surface area contributed by atoms with Gasteiger partial charge < -0.3 is 9.47 Å². The summed E-state index contributed by atoms with van der Waals surface area (Å²) in [6.07, 6.45) is 3.26. The molecule has 1 aliphatic rings. The lowest BCUT2D eigenvalue weighted by molar-refractivity contribution is 0.288. The number of hydrogen-bond acceptors (Lipinski definition) is 5. The van der Waals surface area contributed by atoms with Gasteiger partial charge in [0.25, 0.3) is 15.9 Å². The lowest BCUT2D eigenvalue weighted by Gasteiger charge is -2.18. The van der Waals surface area contributed by atoms with E-state index in [0.29, 0.717) is 12.3 Å². The summed E-state index contributed by atoms with van der Waals surface area (Å²) in [5.74, 6) is 0.983. The fraction of sp³-hybridized carbons (Fsp3) is 0.357. The van der Waals surface area contributed by atoms with E-state index in [1.807, 2.05) is 0 Å². The third kappa shape index (κ3) is 2.74. The normalized spacial score (nSPS) is 14.1. The molecule has 0 radical (unpaired) electrons. The van der Waals surface area contributed by atoms with Crippen LogP contribution < -0.4 is 14.2 Å². The van der Waals surface area contributed by atoms with Crippen molar-refractivity contribution in [3.05, 3.63) is 30.0 Å². The molecule has 0 saturated carbocycles. The van der Waals surface area contributed by atoms with Crippen LogP contribution in [-0.2, 0) is 23.5 Å². The average Bonchev–Trinajstić information content (AvgIpc) is 2.85. The molecule has 3 rings (SSSR count). The molecule has 118 valence electrons. The summed E-state index contributed by atoms with van der Waals surface area (Å²) < 4.78 is 39.6. The Balaban J connectivity index is 1.92. The minimum atomic E-state index is -3.70. The van der Waals surface area contributed by atoms with E-state index in [2.05, 4.69) is 9.82 Å². The van der Waals surface area contributed by atoms with Gasteiger partial charge in [-0.3, -0.25) is 9.40 Å². The minimum absolute atomic E-state index is 0.197. The van der Waals surface area contributed by atoms with Crippen molar-refractivity contribution in [2.45, 2.75) is 17.7 Å². The summed E-state index contributed by atoms with van der Waals surface area (Å²) >= 11 is 0. The second kappa shape index (κ2) is 5.53. The highest BCUT2D eigenvalue weighted by Gasteiger charge is 2.21. The van der Waals surface area contributed by atoms with Crippen LogP contribution >= 0.6 is 0 Å². The predicted octanol–water partition coefficient (Wildman–Crippen LogP) is 1.55. The Morgan fingerprint density at radius 1 is 1.41 bits per heavy atom. The Morgan fingerprint density at radius 2 is 2.23 bits per heavy atom. The van der Waals surface area contributed by atoms with Crippen molar-refractivity contribution in [2.75, 3.05) is 18.4 Å². The van der Waals surface area contributed by atoms with Gasteiger partial charge in [-0.25, -0.2) is 8.42 Å². The van der Waals surface area contributed by atoms with Crippen LogP contribution in [0.25, 0.3) is 0 Å². The Hall–Kier alpha value is -2.22. The molecule has 1 aromatic heterocycles. The average molecular weight is 323 g/mol. The Bertz CT molecular complexity index is 798. The molecule has 22 heavy (non-hydrogen) atoms. The minimum Gasteiger partial charge on any atom is -0.493 e. The van der Waals surface area contributed by atoms with E-state index < -0.39 is 10.0 Å². The zero-order chi connectivity index (χ0) is 15.7. The first kappa shape index (κ1) is 14.7. The van der Waals surface area contributed by atoms with Gasteiger partial charge in [0.05, 0.1) is 24.8 Å². The molecule has 8 heteroatoms. The summed E-state index contributed by atoms with van der Waals surface area (Å²) in [6, 6.07) is 4.89. The summed E-state index contributed by atoms with van der Waals surface area (Å²) in [7, 11) is -0.573. The van der Waals surface area contributed by atoms with Gasteiger partial charge >= 0.3 is 0 Å². The maximum Gasteiger partial charge on any atom is 0.262 e. The van der Waals surface area contributed by atoms with Gasteiger partial charge in [-0.2, -0.15) is 0 Å². The number of aryl methyl sites for hydroxylation is 2. The van der Waals surface area contributed by atoms with Crippen molar-refractivity contribution in [2.24, 2.45) is 7.05 Å². The monoisotopic (exact) mass is 323 g/mol. The van der Waals surface area contributed by atoms with E-state index in [-0.39, 0.29) is 10.8 Å². The van der Waals surface area contributed by atoms with Crippen LogP contribution in [0.1, 0.15) is 12.0 Å². The van der Waals surface area contributed by atoms with Crippen LogP contribution in [0.2, 0.25) is 0 Å². The molecule has 2 heterocycles. The van der Waals surface area contributed by atoms with Gasteiger partial charge in [0.15, 0.2) is 0 Å². The van der Waals surface area contributed by atoms with E-state index in [1.165, 1.54) is 17.9 Å². The number of hydrogen-bond donors (Lipinski definition) is 1. The van der Waals surface area contributed by atoms with Crippen LogP contribution in [0.5, 0.6) is 11.6 Å². The molecule has 1 N–H and O–H groups in total. The van der Waals surface area contributed by atoms with Gasteiger partial charge in [0.1, 0.15) is 11.4 Å². The van der Waals surface area contributed by atoms with Crippen molar-refractivity contribution in [1.82, 2.24) is 9.78 Å². The first-order valence-corrected chi connectivity index (χ1v) is 8.34. The molecule has 7 nitrogen and oxygen atoms in total. The maximum absolute atomic E-state index is 12.5. The second-order valence-corrected chi connectivity index (χ2v) is 6.74. The Labute approximate surface area is 128 Å². The SMILES string of the molecule is COc1nn(C)cc1NS(=O)(=O)c1ccc2c(c1)CCCO2. The topological polar surface area (TPSA) is 82.5 Å². The fourth-order valence-corrected chi connectivity index (χ4v) is 3.49. The second-order valence-electron chi connectivity index (χ2n) is 5.05. The number of nitrogens with zero attached hydrogens (tertiary/aromatic N) is 2. The number of rotatable bonds is 4. The standard InChI is InChI=1S/C14H17N3O4S/c1-17-9-12(14(15-17)20-2)16-22(18,19)11-5-6-13-10(8-11)4-3-7-21-13/h5-6,8-9,16H,3-4,7H2,1-2H3. The van der Waals surface area contributed by atoms with Gasteiger partial charge in [-0.05, 0) is 36.6 Å². The number of aromatic nitrogens is 2.